The van der Waals surface area contributed by atoms with Gasteiger partial charge in [-0.25, -0.2) is 4.79 Å². The minimum atomic E-state index is -0.107. The van der Waals surface area contributed by atoms with E-state index in [1.807, 2.05) is 24.3 Å². The lowest BCUT2D eigenvalue weighted by Gasteiger charge is -2.27. The maximum atomic E-state index is 12.8. The van der Waals surface area contributed by atoms with Gasteiger partial charge in [-0.1, -0.05) is 22.0 Å². The number of nitrogens with one attached hydrogen (secondary N) is 2. The number of nitrogens with zero attached hydrogens (tertiary/aromatic N) is 2. The minimum absolute atomic E-state index is 0.0954. The van der Waals surface area contributed by atoms with E-state index >= 15 is 0 Å². The predicted octanol–water partition coefficient (Wildman–Crippen LogP) is 3.38. The number of hydrogen-bond acceptors (Lipinski definition) is 3. The molecule has 1 atom stereocenters. The summed E-state index contributed by atoms with van der Waals surface area (Å²) in [5.74, 6) is -0.0954. The normalized spacial score (nSPS) is 19.5. The Balaban J connectivity index is 1.39. The van der Waals surface area contributed by atoms with E-state index < -0.39 is 0 Å². The second-order valence-electron chi connectivity index (χ2n) is 7.17. The third-order valence-electron chi connectivity index (χ3n) is 5.22. The zero-order valence-corrected chi connectivity index (χ0v) is 17.1. The van der Waals surface area contributed by atoms with Crippen molar-refractivity contribution in [3.63, 3.8) is 0 Å². The van der Waals surface area contributed by atoms with Gasteiger partial charge in [0.05, 0.1) is 0 Å². The zero-order valence-electron chi connectivity index (χ0n) is 15.5. The summed E-state index contributed by atoms with van der Waals surface area (Å²) in [6.45, 7) is 3.08. The SMILES string of the molecule is O=C(NC1CCN(c2ccc(Br)cc2)C1)c1cccc(N2CCCNC2=O)c1. The molecule has 2 N–H and O–H groups in total. The van der Waals surface area contributed by atoms with Crippen LogP contribution in [0.5, 0.6) is 0 Å². The molecule has 2 aliphatic heterocycles. The minimum Gasteiger partial charge on any atom is -0.369 e. The summed E-state index contributed by atoms with van der Waals surface area (Å²) in [6, 6.07) is 15.5. The summed E-state index contributed by atoms with van der Waals surface area (Å²) in [5, 5.41) is 5.98. The summed E-state index contributed by atoms with van der Waals surface area (Å²) in [5.41, 5.74) is 2.50. The van der Waals surface area contributed by atoms with Gasteiger partial charge in [-0.05, 0) is 55.3 Å². The second-order valence-corrected chi connectivity index (χ2v) is 8.08. The van der Waals surface area contributed by atoms with Gasteiger partial charge < -0.3 is 15.5 Å². The Morgan fingerprint density at radius 3 is 2.71 bits per heavy atom. The molecule has 2 saturated heterocycles. The Hall–Kier alpha value is -2.54. The van der Waals surface area contributed by atoms with Crippen LogP contribution in [0, 0.1) is 0 Å². The van der Waals surface area contributed by atoms with E-state index in [-0.39, 0.29) is 18.0 Å². The van der Waals surface area contributed by atoms with Crippen LogP contribution >= 0.6 is 15.9 Å². The molecule has 3 amide bonds. The standard InChI is InChI=1S/C21H23BrN4O2/c22-16-5-7-18(8-6-16)25-12-9-17(14-25)24-20(27)15-3-1-4-19(13-15)26-11-2-10-23-21(26)28/h1,3-8,13,17H,2,9-12,14H2,(H,23,28)(H,24,27). The van der Waals surface area contributed by atoms with Crippen molar-refractivity contribution in [2.75, 3.05) is 36.0 Å². The highest BCUT2D eigenvalue weighted by Crippen LogP contribution is 2.23. The van der Waals surface area contributed by atoms with Crippen LogP contribution in [0.2, 0.25) is 0 Å². The predicted molar refractivity (Wildman–Crippen MR) is 114 cm³/mol. The van der Waals surface area contributed by atoms with Crippen LogP contribution in [0.3, 0.4) is 0 Å². The first-order chi connectivity index (χ1) is 13.6. The summed E-state index contributed by atoms with van der Waals surface area (Å²) < 4.78 is 1.06. The quantitative estimate of drug-likeness (QED) is 0.762. The molecule has 0 bridgehead atoms. The first-order valence-electron chi connectivity index (χ1n) is 9.57. The molecule has 6 nitrogen and oxygen atoms in total. The average molecular weight is 443 g/mol. The van der Waals surface area contributed by atoms with E-state index in [0.29, 0.717) is 18.7 Å². The van der Waals surface area contributed by atoms with Crippen LogP contribution in [0.15, 0.2) is 53.0 Å². The molecule has 4 rings (SSSR count). The van der Waals surface area contributed by atoms with E-state index in [1.165, 1.54) is 0 Å². The van der Waals surface area contributed by atoms with Gasteiger partial charge in [-0.2, -0.15) is 0 Å². The molecule has 1 unspecified atom stereocenters. The van der Waals surface area contributed by atoms with Crippen LogP contribution in [0.4, 0.5) is 16.2 Å². The number of urea groups is 1. The van der Waals surface area contributed by atoms with Crippen molar-refractivity contribution in [1.29, 1.82) is 0 Å². The number of carbonyl (C=O) groups is 2. The molecular weight excluding hydrogens is 420 g/mol. The molecular formula is C21H23BrN4O2. The fourth-order valence-corrected chi connectivity index (χ4v) is 3.99. The molecule has 0 saturated carbocycles. The molecule has 28 heavy (non-hydrogen) atoms. The van der Waals surface area contributed by atoms with E-state index in [4.69, 9.17) is 0 Å². The van der Waals surface area contributed by atoms with Crippen molar-refractivity contribution < 1.29 is 9.59 Å². The van der Waals surface area contributed by atoms with Gasteiger partial charge in [0.2, 0.25) is 0 Å². The highest BCUT2D eigenvalue weighted by Gasteiger charge is 2.25. The molecule has 7 heteroatoms. The maximum absolute atomic E-state index is 12.8. The molecule has 2 aromatic carbocycles. The van der Waals surface area contributed by atoms with Gasteiger partial charge in [0.15, 0.2) is 0 Å². The van der Waals surface area contributed by atoms with Gasteiger partial charge in [-0.15, -0.1) is 0 Å². The average Bonchev–Trinajstić information content (AvgIpc) is 3.17. The Labute approximate surface area is 173 Å². The fraction of sp³-hybridized carbons (Fsp3) is 0.333. The third kappa shape index (κ3) is 4.14. The molecule has 2 aliphatic rings. The maximum Gasteiger partial charge on any atom is 0.321 e. The van der Waals surface area contributed by atoms with Crippen LogP contribution in [0.1, 0.15) is 23.2 Å². The number of benzene rings is 2. The molecule has 0 radical (unpaired) electrons. The van der Waals surface area contributed by atoms with Gasteiger partial charge in [-0.3, -0.25) is 9.69 Å². The Kier molecular flexibility index (Phi) is 5.52. The summed E-state index contributed by atoms with van der Waals surface area (Å²) in [7, 11) is 0. The van der Waals surface area contributed by atoms with Crippen molar-refractivity contribution >= 4 is 39.2 Å². The summed E-state index contributed by atoms with van der Waals surface area (Å²) in [6.07, 6.45) is 1.81. The Morgan fingerprint density at radius 2 is 1.93 bits per heavy atom. The number of amides is 3. The molecule has 0 aliphatic carbocycles. The molecule has 2 aromatic rings. The Bertz CT molecular complexity index is 871. The van der Waals surface area contributed by atoms with E-state index in [9.17, 15) is 9.59 Å². The van der Waals surface area contributed by atoms with Gasteiger partial charge in [0.25, 0.3) is 5.91 Å². The monoisotopic (exact) mass is 442 g/mol. The van der Waals surface area contributed by atoms with Crippen molar-refractivity contribution in [1.82, 2.24) is 10.6 Å². The number of hydrogen-bond donors (Lipinski definition) is 2. The second kappa shape index (κ2) is 8.22. The lowest BCUT2D eigenvalue weighted by molar-refractivity contribution is 0.0940. The van der Waals surface area contributed by atoms with Gasteiger partial charge in [0.1, 0.15) is 0 Å². The van der Waals surface area contributed by atoms with Gasteiger partial charge in [0, 0.05) is 53.6 Å². The van der Waals surface area contributed by atoms with Crippen LogP contribution in [0.25, 0.3) is 0 Å². The number of anilines is 2. The Morgan fingerprint density at radius 1 is 1.11 bits per heavy atom. The molecule has 0 aromatic heterocycles. The highest BCUT2D eigenvalue weighted by atomic mass is 79.9. The third-order valence-corrected chi connectivity index (χ3v) is 5.74. The molecule has 2 fully saturated rings. The largest absolute Gasteiger partial charge is 0.369 e. The van der Waals surface area contributed by atoms with E-state index in [0.717, 1.165) is 41.8 Å². The fourth-order valence-electron chi connectivity index (χ4n) is 3.72. The highest BCUT2D eigenvalue weighted by molar-refractivity contribution is 9.10. The molecule has 146 valence electrons. The number of halogens is 1. The van der Waals surface area contributed by atoms with Crippen molar-refractivity contribution in [3.8, 4) is 0 Å². The molecule has 0 spiro atoms. The number of rotatable bonds is 4. The van der Waals surface area contributed by atoms with Crippen molar-refractivity contribution in [2.45, 2.75) is 18.9 Å². The van der Waals surface area contributed by atoms with Crippen LogP contribution in [-0.2, 0) is 0 Å². The molecule has 2 heterocycles. The zero-order chi connectivity index (χ0) is 19.5. The topological polar surface area (TPSA) is 64.7 Å². The number of carbonyl (C=O) groups excluding carboxylic acids is 2. The van der Waals surface area contributed by atoms with E-state index in [2.05, 4.69) is 43.6 Å². The van der Waals surface area contributed by atoms with Crippen LogP contribution in [-0.4, -0.2) is 44.2 Å². The summed E-state index contributed by atoms with van der Waals surface area (Å²) >= 11 is 3.46. The van der Waals surface area contributed by atoms with Crippen LogP contribution < -0.4 is 20.4 Å². The van der Waals surface area contributed by atoms with Gasteiger partial charge >= 0.3 is 6.03 Å². The van der Waals surface area contributed by atoms with Crippen molar-refractivity contribution in [3.05, 3.63) is 58.6 Å². The van der Waals surface area contributed by atoms with E-state index in [1.54, 1.807) is 17.0 Å². The summed E-state index contributed by atoms with van der Waals surface area (Å²) in [4.78, 5) is 28.8. The lowest BCUT2D eigenvalue weighted by Crippen LogP contribution is -2.46. The first-order valence-corrected chi connectivity index (χ1v) is 10.4. The van der Waals surface area contributed by atoms with Crippen molar-refractivity contribution in [2.24, 2.45) is 0 Å². The lowest BCUT2D eigenvalue weighted by atomic mass is 10.1. The smallest absolute Gasteiger partial charge is 0.321 e. The first kappa shape index (κ1) is 18.8.